The molecule has 6 rings (SSSR count). The Balaban J connectivity index is 1.13. The first-order valence-electron chi connectivity index (χ1n) is 12.5. The maximum atomic E-state index is 11.5. The number of ether oxygens (including phenoxy) is 2. The zero-order valence-electron chi connectivity index (χ0n) is 20.5. The van der Waals surface area contributed by atoms with Crippen LogP contribution in [0, 0.1) is 0 Å². The third-order valence-electron chi connectivity index (χ3n) is 6.86. The number of aromatic carboxylic acids is 1. The maximum Gasteiger partial charge on any atom is 0.335 e. The van der Waals surface area contributed by atoms with Crippen molar-refractivity contribution >= 4 is 49.8 Å². The molecule has 5 heterocycles. The molecular formula is C27H26BrN5O4S. The number of carbonyl (C=O) groups is 1. The molecule has 3 aromatic heterocycles. The monoisotopic (exact) mass is 595 g/mol. The van der Waals surface area contributed by atoms with E-state index in [4.69, 9.17) is 14.5 Å². The van der Waals surface area contributed by atoms with Gasteiger partial charge >= 0.3 is 5.97 Å². The fourth-order valence-corrected chi connectivity index (χ4v) is 5.58. The number of imidazole rings is 1. The van der Waals surface area contributed by atoms with E-state index in [2.05, 4.69) is 41.4 Å². The number of hydrogen-bond acceptors (Lipinski definition) is 8. The van der Waals surface area contributed by atoms with Gasteiger partial charge in [-0.05, 0) is 64.7 Å². The molecule has 196 valence electrons. The lowest BCUT2D eigenvalue weighted by atomic mass is 10.1. The first-order chi connectivity index (χ1) is 18.5. The standard InChI is InChI=1S/C27H26BrN5O4S/c28-19-2-3-20(29-12-19)15-37-27-31-23(16-38-27)17-5-8-32(9-6-17)14-25-30-22-4-1-18(26(34)35)11-24(22)33(25)13-21-7-10-36-21/h1-5,11-12,16,21H,6-10,13-15H2,(H,34,35). The van der Waals surface area contributed by atoms with Gasteiger partial charge in [-0.2, -0.15) is 0 Å². The molecule has 9 nitrogen and oxygen atoms in total. The summed E-state index contributed by atoms with van der Waals surface area (Å²) < 4.78 is 14.6. The molecule has 2 aliphatic rings. The highest BCUT2D eigenvalue weighted by atomic mass is 79.9. The number of carboxylic acids is 1. The molecule has 1 unspecified atom stereocenters. The van der Waals surface area contributed by atoms with Gasteiger partial charge in [0.1, 0.15) is 12.4 Å². The molecule has 2 aliphatic heterocycles. The van der Waals surface area contributed by atoms with Gasteiger partial charge in [-0.25, -0.2) is 14.8 Å². The van der Waals surface area contributed by atoms with Gasteiger partial charge in [0.05, 0.1) is 47.2 Å². The van der Waals surface area contributed by atoms with Crippen LogP contribution in [0.3, 0.4) is 0 Å². The van der Waals surface area contributed by atoms with Crippen molar-refractivity contribution in [3.05, 3.63) is 75.2 Å². The van der Waals surface area contributed by atoms with Gasteiger partial charge in [0.2, 0.25) is 0 Å². The van der Waals surface area contributed by atoms with Crippen molar-refractivity contribution in [2.45, 2.75) is 38.6 Å². The Labute approximate surface area is 231 Å². The highest BCUT2D eigenvalue weighted by molar-refractivity contribution is 9.10. The zero-order chi connectivity index (χ0) is 26.1. The number of fused-ring (bicyclic) bond motifs is 1. The largest absolute Gasteiger partial charge is 0.478 e. The quantitative estimate of drug-likeness (QED) is 0.288. The van der Waals surface area contributed by atoms with E-state index in [9.17, 15) is 9.90 Å². The van der Waals surface area contributed by atoms with Gasteiger partial charge in [-0.15, -0.1) is 0 Å². The van der Waals surface area contributed by atoms with E-state index in [0.717, 1.165) is 65.3 Å². The van der Waals surface area contributed by atoms with Gasteiger partial charge in [-0.3, -0.25) is 9.88 Å². The van der Waals surface area contributed by atoms with Crippen LogP contribution in [0.5, 0.6) is 5.19 Å². The number of pyridine rings is 1. The smallest absolute Gasteiger partial charge is 0.335 e. The van der Waals surface area contributed by atoms with Crippen LogP contribution in [0.25, 0.3) is 16.6 Å². The Morgan fingerprint density at radius 2 is 2.16 bits per heavy atom. The van der Waals surface area contributed by atoms with E-state index in [1.54, 1.807) is 24.4 Å². The van der Waals surface area contributed by atoms with Gasteiger partial charge in [0.15, 0.2) is 0 Å². The Morgan fingerprint density at radius 1 is 1.26 bits per heavy atom. The number of nitrogens with zero attached hydrogens (tertiary/aromatic N) is 5. The molecular weight excluding hydrogens is 570 g/mol. The Bertz CT molecular complexity index is 1500. The molecule has 11 heteroatoms. The molecule has 0 bridgehead atoms. The van der Waals surface area contributed by atoms with Gasteiger partial charge in [-0.1, -0.05) is 17.4 Å². The first-order valence-corrected chi connectivity index (χ1v) is 14.1. The predicted molar refractivity (Wildman–Crippen MR) is 147 cm³/mol. The predicted octanol–water partition coefficient (Wildman–Crippen LogP) is 5.01. The average Bonchev–Trinajstić information content (AvgIpc) is 3.50. The van der Waals surface area contributed by atoms with E-state index in [1.807, 2.05) is 17.5 Å². The molecule has 0 spiro atoms. The number of halogens is 1. The summed E-state index contributed by atoms with van der Waals surface area (Å²) in [6, 6.07) is 9.00. The minimum Gasteiger partial charge on any atom is -0.478 e. The average molecular weight is 597 g/mol. The Morgan fingerprint density at radius 3 is 2.87 bits per heavy atom. The molecule has 1 N–H and O–H groups in total. The van der Waals surface area contributed by atoms with Gasteiger partial charge in [0, 0.05) is 35.7 Å². The third-order valence-corrected chi connectivity index (χ3v) is 8.08. The highest BCUT2D eigenvalue weighted by Crippen LogP contribution is 2.29. The van der Waals surface area contributed by atoms with E-state index < -0.39 is 5.97 Å². The highest BCUT2D eigenvalue weighted by Gasteiger charge is 2.24. The minimum absolute atomic E-state index is 0.146. The second kappa shape index (κ2) is 10.9. The summed E-state index contributed by atoms with van der Waals surface area (Å²) in [5.74, 6) is -0.00356. The van der Waals surface area contributed by atoms with Crippen molar-refractivity contribution in [3.8, 4) is 5.19 Å². The SMILES string of the molecule is O=C(O)c1ccc2nc(CN3CC=C(c4csc(OCc5ccc(Br)cn5)n4)CC3)n(CC3CCO3)c2c1. The van der Waals surface area contributed by atoms with Crippen LogP contribution in [0.4, 0.5) is 0 Å². The summed E-state index contributed by atoms with van der Waals surface area (Å²) >= 11 is 4.89. The number of benzene rings is 1. The van der Waals surface area contributed by atoms with Crippen LogP contribution in [-0.4, -0.2) is 61.3 Å². The summed E-state index contributed by atoms with van der Waals surface area (Å²) in [7, 11) is 0. The van der Waals surface area contributed by atoms with Crippen LogP contribution >= 0.6 is 27.3 Å². The molecule has 0 amide bonds. The van der Waals surface area contributed by atoms with Crippen molar-refractivity contribution in [1.82, 2.24) is 24.4 Å². The number of hydrogen-bond donors (Lipinski definition) is 1. The summed E-state index contributed by atoms with van der Waals surface area (Å²) in [4.78, 5) is 27.8. The van der Waals surface area contributed by atoms with E-state index in [0.29, 0.717) is 24.9 Å². The number of carboxylic acid groups (broad SMARTS) is 1. The van der Waals surface area contributed by atoms with Crippen LogP contribution in [-0.2, 0) is 24.4 Å². The lowest BCUT2D eigenvalue weighted by Gasteiger charge is -2.29. The van der Waals surface area contributed by atoms with Crippen molar-refractivity contribution < 1.29 is 19.4 Å². The molecule has 1 saturated heterocycles. The summed E-state index contributed by atoms with van der Waals surface area (Å²) in [5.41, 5.74) is 4.96. The van der Waals surface area contributed by atoms with Gasteiger partial charge in [0.25, 0.3) is 5.19 Å². The minimum atomic E-state index is -0.935. The van der Waals surface area contributed by atoms with Crippen molar-refractivity contribution in [3.63, 3.8) is 0 Å². The summed E-state index contributed by atoms with van der Waals surface area (Å²) in [6.07, 6.45) is 6.02. The third kappa shape index (κ3) is 5.51. The maximum absolute atomic E-state index is 11.5. The molecule has 0 aliphatic carbocycles. The lowest BCUT2D eigenvalue weighted by molar-refractivity contribution is -0.0591. The van der Waals surface area contributed by atoms with E-state index in [-0.39, 0.29) is 11.7 Å². The number of aromatic nitrogens is 4. The van der Waals surface area contributed by atoms with Crippen LogP contribution < -0.4 is 4.74 Å². The molecule has 4 aromatic rings. The Hall–Kier alpha value is -3.12. The first kappa shape index (κ1) is 25.2. The number of thiazole rings is 1. The fourth-order valence-electron chi connectivity index (χ4n) is 4.65. The fraction of sp³-hybridized carbons (Fsp3) is 0.333. The zero-order valence-corrected chi connectivity index (χ0v) is 22.9. The molecule has 0 radical (unpaired) electrons. The molecule has 0 saturated carbocycles. The van der Waals surface area contributed by atoms with Crippen molar-refractivity contribution in [1.29, 1.82) is 0 Å². The normalized spacial score (nSPS) is 17.8. The molecule has 1 aromatic carbocycles. The van der Waals surface area contributed by atoms with E-state index in [1.165, 1.54) is 16.9 Å². The van der Waals surface area contributed by atoms with Crippen LogP contribution in [0.1, 0.15) is 40.4 Å². The van der Waals surface area contributed by atoms with Crippen LogP contribution in [0.2, 0.25) is 0 Å². The Kier molecular flexibility index (Phi) is 7.24. The lowest BCUT2D eigenvalue weighted by Crippen LogP contribution is -2.33. The second-order valence-corrected chi connectivity index (χ2v) is 11.1. The second-order valence-electron chi connectivity index (χ2n) is 9.40. The topological polar surface area (TPSA) is 103 Å². The van der Waals surface area contributed by atoms with Crippen molar-refractivity contribution in [2.24, 2.45) is 0 Å². The number of rotatable bonds is 9. The molecule has 1 atom stereocenters. The molecule has 38 heavy (non-hydrogen) atoms. The summed E-state index contributed by atoms with van der Waals surface area (Å²) in [5, 5.41) is 12.2. The van der Waals surface area contributed by atoms with E-state index >= 15 is 0 Å². The van der Waals surface area contributed by atoms with Gasteiger partial charge < -0.3 is 19.1 Å². The van der Waals surface area contributed by atoms with Crippen LogP contribution in [0.15, 0.2) is 52.5 Å². The van der Waals surface area contributed by atoms with Crippen molar-refractivity contribution in [2.75, 3.05) is 19.7 Å². The summed E-state index contributed by atoms with van der Waals surface area (Å²) in [6.45, 7) is 4.19. The molecule has 1 fully saturated rings.